The highest BCUT2D eigenvalue weighted by molar-refractivity contribution is 5.89. The van der Waals surface area contributed by atoms with Crippen molar-refractivity contribution in [3.05, 3.63) is 78.0 Å². The van der Waals surface area contributed by atoms with Crippen LogP contribution in [0.25, 0.3) is 10.9 Å². The molecule has 0 unspecified atom stereocenters. The fraction of sp³-hybridized carbons (Fsp3) is 0.154. The number of methoxy groups -OCH3 is 2. The molecular weight excluding hydrogens is 420 g/mol. The first-order valence-electron chi connectivity index (χ1n) is 10.3. The van der Waals surface area contributed by atoms with Gasteiger partial charge in [0.2, 0.25) is 0 Å². The van der Waals surface area contributed by atoms with Gasteiger partial charge in [-0.05, 0) is 61.4 Å². The number of fused-ring (bicyclic) bond motifs is 1. The van der Waals surface area contributed by atoms with Crippen LogP contribution in [0.15, 0.2) is 66.9 Å². The maximum Gasteiger partial charge on any atom is 0.417 e. The Labute approximate surface area is 191 Å². The van der Waals surface area contributed by atoms with Crippen molar-refractivity contribution in [1.82, 2.24) is 4.98 Å². The third-order valence-corrected chi connectivity index (χ3v) is 5.14. The Hall–Kier alpha value is -4.26. The highest BCUT2D eigenvalue weighted by Gasteiger charge is 2.14. The molecule has 7 nitrogen and oxygen atoms in total. The Morgan fingerprint density at radius 2 is 1.55 bits per heavy atom. The van der Waals surface area contributed by atoms with Gasteiger partial charge in [-0.25, -0.2) is 4.79 Å². The van der Waals surface area contributed by atoms with E-state index in [-0.39, 0.29) is 0 Å². The van der Waals surface area contributed by atoms with Gasteiger partial charge in [0.05, 0.1) is 19.7 Å². The number of anilines is 1. The minimum atomic E-state index is -0.557. The van der Waals surface area contributed by atoms with Crippen LogP contribution >= 0.6 is 0 Å². The number of ether oxygens (including phenoxy) is 4. The van der Waals surface area contributed by atoms with Crippen LogP contribution in [0.5, 0.6) is 28.7 Å². The van der Waals surface area contributed by atoms with E-state index in [0.29, 0.717) is 34.4 Å². The van der Waals surface area contributed by atoms with Crippen molar-refractivity contribution in [3.8, 4) is 28.7 Å². The SMILES string of the molecule is COc1cc2nccc(Oc3cc(C)c(NC(=O)Oc4ccccc4)cc3C)c2cc1OC. The number of carbonyl (C=O) groups is 1. The highest BCUT2D eigenvalue weighted by atomic mass is 16.6. The van der Waals surface area contributed by atoms with E-state index in [0.717, 1.165) is 22.0 Å². The van der Waals surface area contributed by atoms with Gasteiger partial charge in [0.1, 0.15) is 17.2 Å². The van der Waals surface area contributed by atoms with E-state index in [1.54, 1.807) is 50.7 Å². The Balaban J connectivity index is 1.59. The first kappa shape index (κ1) is 22.0. The molecule has 33 heavy (non-hydrogen) atoms. The van der Waals surface area contributed by atoms with Crippen LogP contribution in [0.4, 0.5) is 10.5 Å². The van der Waals surface area contributed by atoms with Gasteiger partial charge < -0.3 is 18.9 Å². The summed E-state index contributed by atoms with van der Waals surface area (Å²) in [5.74, 6) is 2.96. The minimum absolute atomic E-state index is 0.473. The number of carbonyl (C=O) groups excluding carboxylic acids is 1. The average molecular weight is 444 g/mol. The summed E-state index contributed by atoms with van der Waals surface area (Å²) in [4.78, 5) is 16.7. The van der Waals surface area contributed by atoms with Gasteiger partial charge in [0.15, 0.2) is 11.5 Å². The van der Waals surface area contributed by atoms with Crippen molar-refractivity contribution in [1.29, 1.82) is 0 Å². The van der Waals surface area contributed by atoms with Gasteiger partial charge in [-0.2, -0.15) is 0 Å². The average Bonchev–Trinajstić information content (AvgIpc) is 2.82. The molecule has 0 radical (unpaired) electrons. The van der Waals surface area contributed by atoms with Gasteiger partial charge in [0.25, 0.3) is 0 Å². The zero-order chi connectivity index (χ0) is 23.4. The number of nitrogens with zero attached hydrogens (tertiary/aromatic N) is 1. The maximum absolute atomic E-state index is 12.3. The predicted octanol–water partition coefficient (Wildman–Crippen LogP) is 6.27. The molecule has 0 atom stereocenters. The number of hydrogen-bond donors (Lipinski definition) is 1. The van der Waals surface area contributed by atoms with E-state index < -0.39 is 6.09 Å². The van der Waals surface area contributed by atoms with E-state index in [4.69, 9.17) is 18.9 Å². The molecule has 1 heterocycles. The van der Waals surface area contributed by atoms with Crippen molar-refractivity contribution < 1.29 is 23.7 Å². The summed E-state index contributed by atoms with van der Waals surface area (Å²) in [6, 6.07) is 18.1. The molecule has 0 spiro atoms. The van der Waals surface area contributed by atoms with Crippen molar-refractivity contribution in [2.45, 2.75) is 13.8 Å². The smallest absolute Gasteiger partial charge is 0.417 e. The summed E-state index contributed by atoms with van der Waals surface area (Å²) in [5.41, 5.74) is 3.05. The predicted molar refractivity (Wildman–Crippen MR) is 127 cm³/mol. The quantitative estimate of drug-likeness (QED) is 0.377. The van der Waals surface area contributed by atoms with Crippen molar-refractivity contribution in [2.24, 2.45) is 0 Å². The molecule has 0 aliphatic heterocycles. The Morgan fingerprint density at radius 1 is 0.818 bits per heavy atom. The number of benzene rings is 3. The van der Waals surface area contributed by atoms with Crippen LogP contribution in [-0.2, 0) is 0 Å². The summed E-state index contributed by atoms with van der Waals surface area (Å²) in [5, 5.41) is 3.58. The molecule has 1 amide bonds. The van der Waals surface area contributed by atoms with Crippen molar-refractivity contribution in [3.63, 3.8) is 0 Å². The lowest BCUT2D eigenvalue weighted by Gasteiger charge is -2.16. The molecule has 0 bridgehead atoms. The van der Waals surface area contributed by atoms with Gasteiger partial charge in [0, 0.05) is 23.3 Å². The maximum atomic E-state index is 12.3. The fourth-order valence-electron chi connectivity index (χ4n) is 3.42. The molecule has 0 saturated carbocycles. The van der Waals surface area contributed by atoms with Crippen molar-refractivity contribution >= 4 is 22.7 Å². The van der Waals surface area contributed by atoms with Gasteiger partial charge >= 0.3 is 6.09 Å². The second kappa shape index (κ2) is 9.48. The second-order valence-corrected chi connectivity index (χ2v) is 7.40. The number of hydrogen-bond acceptors (Lipinski definition) is 6. The monoisotopic (exact) mass is 444 g/mol. The fourth-order valence-corrected chi connectivity index (χ4v) is 3.42. The van der Waals surface area contributed by atoms with Crippen LogP contribution in [0, 0.1) is 13.8 Å². The summed E-state index contributed by atoms with van der Waals surface area (Å²) < 4.78 is 22.4. The van der Waals surface area contributed by atoms with Crippen LogP contribution in [-0.4, -0.2) is 25.3 Å². The van der Waals surface area contributed by atoms with Gasteiger partial charge in [-0.1, -0.05) is 18.2 Å². The minimum Gasteiger partial charge on any atom is -0.493 e. The van der Waals surface area contributed by atoms with Crippen LogP contribution in [0.2, 0.25) is 0 Å². The number of aromatic nitrogens is 1. The molecule has 4 aromatic rings. The Kier molecular flexibility index (Phi) is 6.31. The van der Waals surface area contributed by atoms with Gasteiger partial charge in [-0.3, -0.25) is 10.3 Å². The molecule has 3 aromatic carbocycles. The molecule has 0 aliphatic carbocycles. The number of rotatable bonds is 6. The standard InChI is InChI=1S/C26H24N2O5/c1-16-13-23(17(2)12-20(16)28-26(29)32-18-8-6-5-7-9-18)33-22-10-11-27-21-15-25(31-4)24(30-3)14-19(21)22/h5-15H,1-4H3,(H,28,29). The number of nitrogens with one attached hydrogen (secondary N) is 1. The summed E-state index contributed by atoms with van der Waals surface area (Å²) in [6.45, 7) is 3.80. The normalized spacial score (nSPS) is 10.5. The molecular formula is C26H24N2O5. The van der Waals surface area contributed by atoms with E-state index in [1.165, 1.54) is 0 Å². The molecule has 0 fully saturated rings. The van der Waals surface area contributed by atoms with Gasteiger partial charge in [-0.15, -0.1) is 0 Å². The molecule has 0 aliphatic rings. The number of aryl methyl sites for hydroxylation is 2. The van der Waals surface area contributed by atoms with Crippen LogP contribution in [0.1, 0.15) is 11.1 Å². The largest absolute Gasteiger partial charge is 0.493 e. The Bertz CT molecular complexity index is 1310. The first-order chi connectivity index (χ1) is 16.0. The molecule has 0 saturated heterocycles. The van der Waals surface area contributed by atoms with Crippen molar-refractivity contribution in [2.75, 3.05) is 19.5 Å². The van der Waals surface area contributed by atoms with E-state index in [9.17, 15) is 4.79 Å². The highest BCUT2D eigenvalue weighted by Crippen LogP contribution is 2.38. The topological polar surface area (TPSA) is 78.9 Å². The number of amides is 1. The zero-order valence-corrected chi connectivity index (χ0v) is 18.8. The summed E-state index contributed by atoms with van der Waals surface area (Å²) in [7, 11) is 3.17. The van der Waals surface area contributed by atoms with Crippen LogP contribution in [0.3, 0.4) is 0 Å². The number of pyridine rings is 1. The lowest BCUT2D eigenvalue weighted by Crippen LogP contribution is -2.17. The summed E-state index contributed by atoms with van der Waals surface area (Å²) in [6.07, 6.45) is 1.12. The molecule has 1 aromatic heterocycles. The third-order valence-electron chi connectivity index (χ3n) is 5.14. The molecule has 168 valence electrons. The lowest BCUT2D eigenvalue weighted by atomic mass is 10.1. The molecule has 1 N–H and O–H groups in total. The zero-order valence-electron chi connectivity index (χ0n) is 18.8. The third kappa shape index (κ3) is 4.82. The van der Waals surface area contributed by atoms with Crippen LogP contribution < -0.4 is 24.3 Å². The van der Waals surface area contributed by atoms with E-state index in [1.807, 2.05) is 44.2 Å². The molecule has 4 rings (SSSR count). The lowest BCUT2D eigenvalue weighted by molar-refractivity contribution is 0.215. The second-order valence-electron chi connectivity index (χ2n) is 7.40. The number of para-hydroxylation sites is 1. The summed E-state index contributed by atoms with van der Waals surface area (Å²) >= 11 is 0. The van der Waals surface area contributed by atoms with E-state index >= 15 is 0 Å². The first-order valence-corrected chi connectivity index (χ1v) is 10.3. The Morgan fingerprint density at radius 3 is 2.27 bits per heavy atom. The molecule has 7 heteroatoms. The van der Waals surface area contributed by atoms with E-state index in [2.05, 4.69) is 10.3 Å².